The van der Waals surface area contributed by atoms with Gasteiger partial charge in [0.05, 0.1) is 16.3 Å². The number of halogens is 1. The van der Waals surface area contributed by atoms with Gasteiger partial charge in [-0.15, -0.1) is 0 Å². The summed E-state index contributed by atoms with van der Waals surface area (Å²) in [5.41, 5.74) is 1.55. The van der Waals surface area contributed by atoms with Crippen molar-refractivity contribution in [3.05, 3.63) is 28.8 Å². The molecule has 1 unspecified atom stereocenters. The van der Waals surface area contributed by atoms with Gasteiger partial charge in [-0.3, -0.25) is 0 Å². The molecule has 1 saturated heterocycles. The number of nitriles is 1. The summed E-state index contributed by atoms with van der Waals surface area (Å²) in [4.78, 5) is 2.31. The fourth-order valence-corrected chi connectivity index (χ4v) is 3.02. The number of nitrogens with zero attached hydrogens (tertiary/aromatic N) is 2. The quantitative estimate of drug-likeness (QED) is 0.924. The molecule has 0 spiro atoms. The molecular weight excluding hydrogens is 270 g/mol. The lowest BCUT2D eigenvalue weighted by Gasteiger charge is -2.35. The van der Waals surface area contributed by atoms with E-state index in [9.17, 15) is 5.26 Å². The Morgan fingerprint density at radius 3 is 2.90 bits per heavy atom. The Hall–Kier alpha value is -1.24. The second-order valence-corrected chi connectivity index (χ2v) is 6.11. The first kappa shape index (κ1) is 15.2. The molecule has 0 aliphatic carbocycles. The number of rotatable bonds is 4. The largest absolute Gasteiger partial charge is 0.368 e. The summed E-state index contributed by atoms with van der Waals surface area (Å²) in [6.07, 6.45) is 2.48. The molecule has 1 atom stereocenters. The van der Waals surface area contributed by atoms with Crippen LogP contribution in [0.3, 0.4) is 0 Å². The minimum absolute atomic E-state index is 0.350. The Kier molecular flexibility index (Phi) is 5.28. The second-order valence-electron chi connectivity index (χ2n) is 5.70. The molecule has 2 rings (SSSR count). The van der Waals surface area contributed by atoms with Crippen molar-refractivity contribution in [1.29, 1.82) is 5.26 Å². The Morgan fingerprint density at radius 2 is 2.30 bits per heavy atom. The molecule has 0 aromatic heterocycles. The van der Waals surface area contributed by atoms with Crippen molar-refractivity contribution in [2.24, 2.45) is 5.92 Å². The van der Waals surface area contributed by atoms with Gasteiger partial charge >= 0.3 is 0 Å². The fraction of sp³-hybridized carbons (Fsp3) is 0.562. The summed E-state index contributed by atoms with van der Waals surface area (Å²) in [5.74, 6) is 0.636. The highest BCUT2D eigenvalue weighted by Gasteiger charge is 2.21. The Balaban J connectivity index is 2.24. The van der Waals surface area contributed by atoms with Crippen molar-refractivity contribution in [3.63, 3.8) is 0 Å². The highest BCUT2D eigenvalue weighted by atomic mass is 35.5. The molecule has 1 N–H and O–H groups in total. The normalized spacial score (nSPS) is 18.9. The molecule has 1 aromatic rings. The monoisotopic (exact) mass is 291 g/mol. The molecule has 1 heterocycles. The van der Waals surface area contributed by atoms with Gasteiger partial charge in [0.2, 0.25) is 0 Å². The van der Waals surface area contributed by atoms with Gasteiger partial charge in [-0.1, -0.05) is 17.7 Å². The lowest BCUT2D eigenvalue weighted by Crippen LogP contribution is -2.41. The van der Waals surface area contributed by atoms with Crippen molar-refractivity contribution in [3.8, 4) is 6.07 Å². The van der Waals surface area contributed by atoms with Crippen molar-refractivity contribution in [1.82, 2.24) is 5.32 Å². The molecule has 1 fully saturated rings. The number of hydrogen-bond acceptors (Lipinski definition) is 3. The molecule has 4 heteroatoms. The van der Waals surface area contributed by atoms with Crippen LogP contribution < -0.4 is 10.2 Å². The van der Waals surface area contributed by atoms with E-state index >= 15 is 0 Å². The summed E-state index contributed by atoms with van der Waals surface area (Å²) in [5, 5.41) is 13.4. The molecule has 0 bridgehead atoms. The number of nitrogens with one attached hydrogen (secondary N) is 1. The van der Waals surface area contributed by atoms with Gasteiger partial charge in [0, 0.05) is 12.6 Å². The maximum Gasteiger partial charge on any atom is 0.103 e. The zero-order valence-electron chi connectivity index (χ0n) is 12.2. The average molecular weight is 292 g/mol. The molecule has 1 aromatic carbocycles. The number of benzene rings is 1. The maximum atomic E-state index is 9.36. The van der Waals surface area contributed by atoms with E-state index in [4.69, 9.17) is 11.6 Å². The molecule has 1 aliphatic heterocycles. The van der Waals surface area contributed by atoms with Crippen LogP contribution >= 0.6 is 11.6 Å². The molecule has 20 heavy (non-hydrogen) atoms. The van der Waals surface area contributed by atoms with Crippen LogP contribution in [-0.4, -0.2) is 25.7 Å². The Labute approximate surface area is 126 Å². The third kappa shape index (κ3) is 3.45. The van der Waals surface area contributed by atoms with Gasteiger partial charge in [0.25, 0.3) is 0 Å². The molecule has 3 nitrogen and oxygen atoms in total. The lowest BCUT2D eigenvalue weighted by atomic mass is 9.97. The van der Waals surface area contributed by atoms with E-state index in [0.29, 0.717) is 22.5 Å². The number of piperidine rings is 1. The third-order valence-electron chi connectivity index (χ3n) is 3.89. The van der Waals surface area contributed by atoms with Gasteiger partial charge in [-0.25, -0.2) is 0 Å². The first-order valence-electron chi connectivity index (χ1n) is 7.29. The van der Waals surface area contributed by atoms with Crippen molar-refractivity contribution in [2.75, 3.05) is 24.5 Å². The van der Waals surface area contributed by atoms with E-state index in [0.717, 1.165) is 25.3 Å². The second kappa shape index (κ2) is 6.97. The Bertz CT molecular complexity index is 487. The topological polar surface area (TPSA) is 39.1 Å². The first-order chi connectivity index (χ1) is 9.63. The lowest BCUT2D eigenvalue weighted by molar-refractivity contribution is 0.371. The average Bonchev–Trinajstić information content (AvgIpc) is 2.45. The minimum atomic E-state index is 0.350. The Morgan fingerprint density at radius 1 is 1.50 bits per heavy atom. The van der Waals surface area contributed by atoms with Crippen LogP contribution in [0.1, 0.15) is 32.3 Å². The summed E-state index contributed by atoms with van der Waals surface area (Å²) in [6, 6.07) is 8.30. The van der Waals surface area contributed by atoms with Crippen molar-refractivity contribution < 1.29 is 0 Å². The minimum Gasteiger partial charge on any atom is -0.368 e. The van der Waals surface area contributed by atoms with E-state index in [1.54, 1.807) is 6.07 Å². The van der Waals surface area contributed by atoms with Gasteiger partial charge in [-0.2, -0.15) is 5.26 Å². The highest BCUT2D eigenvalue weighted by Crippen LogP contribution is 2.29. The zero-order chi connectivity index (χ0) is 14.5. The van der Waals surface area contributed by atoms with Crippen molar-refractivity contribution >= 4 is 17.3 Å². The highest BCUT2D eigenvalue weighted by molar-refractivity contribution is 6.32. The van der Waals surface area contributed by atoms with E-state index < -0.39 is 0 Å². The molecule has 0 saturated carbocycles. The van der Waals surface area contributed by atoms with Crippen LogP contribution in [0, 0.1) is 17.2 Å². The van der Waals surface area contributed by atoms with Gasteiger partial charge in [0.15, 0.2) is 0 Å². The summed E-state index contributed by atoms with van der Waals surface area (Å²) in [7, 11) is 0. The van der Waals surface area contributed by atoms with Crippen molar-refractivity contribution in [2.45, 2.75) is 32.7 Å². The SMILES string of the molecule is CC(C)N(CC1CCCNC1)c1cccc(Cl)c1C#N. The molecular formula is C16H22ClN3. The van der Waals surface area contributed by atoms with Crippen LogP contribution in [-0.2, 0) is 0 Å². The molecule has 0 radical (unpaired) electrons. The van der Waals surface area contributed by atoms with Crippen LogP contribution in [0.25, 0.3) is 0 Å². The van der Waals surface area contributed by atoms with Gasteiger partial charge in [0.1, 0.15) is 6.07 Å². The van der Waals surface area contributed by atoms with Gasteiger partial charge in [-0.05, 0) is 57.8 Å². The van der Waals surface area contributed by atoms with Gasteiger partial charge < -0.3 is 10.2 Å². The fourth-order valence-electron chi connectivity index (χ4n) is 2.81. The maximum absolute atomic E-state index is 9.36. The zero-order valence-corrected chi connectivity index (χ0v) is 13.0. The number of hydrogen-bond donors (Lipinski definition) is 1. The third-order valence-corrected chi connectivity index (χ3v) is 4.21. The van der Waals surface area contributed by atoms with Crippen LogP contribution in [0.15, 0.2) is 18.2 Å². The first-order valence-corrected chi connectivity index (χ1v) is 7.67. The predicted molar refractivity (Wildman–Crippen MR) is 84.2 cm³/mol. The summed E-state index contributed by atoms with van der Waals surface area (Å²) < 4.78 is 0. The smallest absolute Gasteiger partial charge is 0.103 e. The van der Waals surface area contributed by atoms with E-state index in [1.165, 1.54) is 12.8 Å². The van der Waals surface area contributed by atoms with E-state index in [-0.39, 0.29) is 0 Å². The summed E-state index contributed by atoms with van der Waals surface area (Å²) in [6.45, 7) is 7.49. The van der Waals surface area contributed by atoms with Crippen LogP contribution in [0.5, 0.6) is 0 Å². The molecule has 108 valence electrons. The van der Waals surface area contributed by atoms with E-state index in [2.05, 4.69) is 30.1 Å². The standard InChI is InChI=1S/C16H22ClN3/c1-12(2)20(11-13-5-4-8-19-10-13)16-7-3-6-15(17)14(16)9-18/h3,6-7,12-13,19H,4-5,8,10-11H2,1-2H3. The predicted octanol–water partition coefficient (Wildman–Crippen LogP) is 3.43. The van der Waals surface area contributed by atoms with E-state index in [1.807, 2.05) is 12.1 Å². The summed E-state index contributed by atoms with van der Waals surface area (Å²) >= 11 is 6.16. The molecule has 0 amide bonds. The molecule has 1 aliphatic rings. The van der Waals surface area contributed by atoms with Crippen LogP contribution in [0.2, 0.25) is 5.02 Å². The number of anilines is 1. The van der Waals surface area contributed by atoms with Crippen LogP contribution in [0.4, 0.5) is 5.69 Å².